The van der Waals surface area contributed by atoms with Gasteiger partial charge >= 0.3 is 0 Å². The van der Waals surface area contributed by atoms with E-state index >= 15 is 0 Å². The average molecular weight is 663 g/mol. The summed E-state index contributed by atoms with van der Waals surface area (Å²) in [5, 5.41) is 13.3. The van der Waals surface area contributed by atoms with Crippen molar-refractivity contribution >= 4 is 11.7 Å². The Labute approximate surface area is 286 Å². The summed E-state index contributed by atoms with van der Waals surface area (Å²) in [5.74, 6) is -0.735. The van der Waals surface area contributed by atoms with Gasteiger partial charge in [-0.05, 0) is 84.5 Å². The van der Waals surface area contributed by atoms with E-state index in [1.54, 1.807) is 18.3 Å². The summed E-state index contributed by atoms with van der Waals surface area (Å²) >= 11 is 0. The number of amides is 1. The fourth-order valence-electron chi connectivity index (χ4n) is 8.37. The number of aromatic nitrogens is 2. The van der Waals surface area contributed by atoms with Crippen LogP contribution in [0.2, 0.25) is 0 Å². The molecular weight excluding hydrogens is 619 g/mol. The largest absolute Gasteiger partial charge is 0.392 e. The van der Waals surface area contributed by atoms with Crippen molar-refractivity contribution in [3.63, 3.8) is 0 Å². The van der Waals surface area contributed by atoms with Crippen molar-refractivity contribution in [1.29, 1.82) is 0 Å². The molecule has 0 radical (unpaired) electrons. The molecule has 9 nitrogen and oxygen atoms in total. The summed E-state index contributed by atoms with van der Waals surface area (Å²) in [6.07, 6.45) is 8.51. The molecular formula is C39H43FN6O3. The first kappa shape index (κ1) is 32.0. The maximum Gasteiger partial charge on any atom is 0.255 e. The monoisotopic (exact) mass is 662 g/mol. The highest BCUT2D eigenvalue weighted by Crippen LogP contribution is 2.40. The Hall–Kier alpha value is -4.22. The fourth-order valence-corrected chi connectivity index (χ4v) is 8.37. The SMILES string of the molecule is Nc1ncc(-c2ccc(F)nc2)cc1C(=O)N[C@H]1CCC[C@@H]1OCc1ccc(-c2ccc3c(c2)CC[C@H]3N2CCN3C[C@H](O)C[C@H]3C2)cc1. The number of fused-ring (bicyclic) bond motifs is 2. The lowest BCUT2D eigenvalue weighted by atomic mass is 9.98. The summed E-state index contributed by atoms with van der Waals surface area (Å²) in [5.41, 5.74) is 14.1. The first-order valence-corrected chi connectivity index (χ1v) is 17.6. The Kier molecular flexibility index (Phi) is 8.88. The molecule has 0 unspecified atom stereocenters. The van der Waals surface area contributed by atoms with Gasteiger partial charge in [0.1, 0.15) is 5.82 Å². The lowest BCUT2D eigenvalue weighted by molar-refractivity contribution is 0.0272. The van der Waals surface area contributed by atoms with Crippen LogP contribution in [0.1, 0.15) is 65.2 Å². The summed E-state index contributed by atoms with van der Waals surface area (Å²) in [6.45, 7) is 4.47. The molecule has 49 heavy (non-hydrogen) atoms. The second-order valence-corrected chi connectivity index (χ2v) is 14.1. The number of piperazine rings is 1. The fraction of sp³-hybridized carbons (Fsp3) is 0.410. The van der Waals surface area contributed by atoms with Gasteiger partial charge in [-0.2, -0.15) is 4.39 Å². The van der Waals surface area contributed by atoms with Gasteiger partial charge in [0.05, 0.1) is 30.4 Å². The smallest absolute Gasteiger partial charge is 0.255 e. The summed E-state index contributed by atoms with van der Waals surface area (Å²) < 4.78 is 19.7. The van der Waals surface area contributed by atoms with E-state index in [9.17, 15) is 14.3 Å². The summed E-state index contributed by atoms with van der Waals surface area (Å²) in [4.78, 5) is 26.3. The van der Waals surface area contributed by atoms with E-state index in [-0.39, 0.29) is 35.5 Å². The number of hydrogen-bond acceptors (Lipinski definition) is 8. The third-order valence-corrected chi connectivity index (χ3v) is 11.0. The molecule has 10 heteroatoms. The van der Waals surface area contributed by atoms with Crippen molar-refractivity contribution in [2.75, 3.05) is 31.9 Å². The van der Waals surface area contributed by atoms with Crippen molar-refractivity contribution < 1.29 is 19.0 Å². The topological polar surface area (TPSA) is 117 Å². The number of ether oxygens (including phenoxy) is 1. The van der Waals surface area contributed by atoms with Gasteiger partial charge in [-0.1, -0.05) is 42.5 Å². The standard InChI is InChI=1S/C39H43FN6O3/c40-37-13-10-28(19-42-37)29-17-33(38(41)43-20-29)39(48)44-34-2-1-3-36(34)49-23-24-4-6-25(7-5-24)26-8-11-32-27(16-26)9-12-35(32)46-15-14-45-22-31(47)18-30(45)21-46/h4-8,10-11,13,16-17,19-20,30-31,34-36,47H,1-3,9,12,14-15,18,21-23H2,(H2,41,43)(H,44,48)/t30-,31+,34-,35+,36-/m0/s1. The van der Waals surface area contributed by atoms with E-state index in [2.05, 4.69) is 67.5 Å². The number of pyridine rings is 2. The summed E-state index contributed by atoms with van der Waals surface area (Å²) in [7, 11) is 0. The third-order valence-electron chi connectivity index (χ3n) is 11.0. The number of nitrogens with one attached hydrogen (secondary N) is 1. The van der Waals surface area contributed by atoms with Crippen LogP contribution in [0.4, 0.5) is 10.2 Å². The van der Waals surface area contributed by atoms with E-state index < -0.39 is 5.95 Å². The number of carbonyl (C=O) groups is 1. The van der Waals surface area contributed by atoms with E-state index in [0.717, 1.165) is 70.3 Å². The molecule has 1 amide bonds. The number of nitrogens with zero attached hydrogens (tertiary/aromatic N) is 4. The Balaban J connectivity index is 0.870. The van der Waals surface area contributed by atoms with Crippen LogP contribution in [0.3, 0.4) is 0 Å². The average Bonchev–Trinajstić information content (AvgIpc) is 3.85. The van der Waals surface area contributed by atoms with Gasteiger partial charge in [-0.3, -0.25) is 14.6 Å². The van der Waals surface area contributed by atoms with Crippen LogP contribution in [0.5, 0.6) is 0 Å². The molecule has 2 aliphatic heterocycles. The van der Waals surface area contributed by atoms with Gasteiger partial charge in [-0.15, -0.1) is 0 Å². The zero-order valence-corrected chi connectivity index (χ0v) is 27.6. The highest BCUT2D eigenvalue weighted by atomic mass is 19.1. The number of anilines is 1. The van der Waals surface area contributed by atoms with Crippen molar-refractivity contribution in [2.24, 2.45) is 0 Å². The van der Waals surface area contributed by atoms with Gasteiger partial charge in [0.25, 0.3) is 5.91 Å². The molecule has 2 aromatic carbocycles. The molecule has 2 aromatic heterocycles. The maximum absolute atomic E-state index is 13.3. The molecule has 2 aliphatic carbocycles. The number of aliphatic hydroxyl groups excluding tert-OH is 1. The molecule has 1 saturated carbocycles. The van der Waals surface area contributed by atoms with Crippen LogP contribution in [0.25, 0.3) is 22.3 Å². The summed E-state index contributed by atoms with van der Waals surface area (Å²) in [6, 6.07) is 20.9. The quantitative estimate of drug-likeness (QED) is 0.222. The first-order valence-electron chi connectivity index (χ1n) is 17.6. The lowest BCUT2D eigenvalue weighted by Crippen LogP contribution is -2.50. The van der Waals surface area contributed by atoms with Crippen LogP contribution in [0.15, 0.2) is 73.1 Å². The number of halogens is 1. The minimum atomic E-state index is -0.571. The molecule has 0 bridgehead atoms. The number of nitrogens with two attached hydrogens (primary N) is 1. The minimum Gasteiger partial charge on any atom is -0.392 e. The lowest BCUT2D eigenvalue weighted by Gasteiger charge is -2.40. The Morgan fingerprint density at radius 2 is 1.71 bits per heavy atom. The van der Waals surface area contributed by atoms with Gasteiger partial charge in [0.15, 0.2) is 0 Å². The Morgan fingerprint density at radius 1 is 0.918 bits per heavy atom. The van der Waals surface area contributed by atoms with E-state index in [4.69, 9.17) is 10.5 Å². The molecule has 4 aliphatic rings. The molecule has 0 spiro atoms. The highest BCUT2D eigenvalue weighted by molar-refractivity contribution is 5.99. The highest BCUT2D eigenvalue weighted by Gasteiger charge is 2.39. The number of nitrogen functional groups attached to an aromatic ring is 1. The van der Waals surface area contributed by atoms with Gasteiger partial charge in [-0.25, -0.2) is 9.97 Å². The Morgan fingerprint density at radius 3 is 2.55 bits per heavy atom. The molecule has 3 fully saturated rings. The zero-order valence-electron chi connectivity index (χ0n) is 27.6. The van der Waals surface area contributed by atoms with E-state index in [0.29, 0.717) is 29.8 Å². The van der Waals surface area contributed by atoms with Crippen LogP contribution >= 0.6 is 0 Å². The molecule has 5 atom stereocenters. The number of hydrogen-bond donors (Lipinski definition) is 3. The number of benzene rings is 2. The molecule has 4 aromatic rings. The normalized spacial score (nSPS) is 25.3. The predicted octanol–water partition coefficient (Wildman–Crippen LogP) is 5.14. The Bertz CT molecular complexity index is 1820. The molecule has 4 N–H and O–H groups in total. The van der Waals surface area contributed by atoms with E-state index in [1.165, 1.54) is 34.5 Å². The van der Waals surface area contributed by atoms with Crippen LogP contribution in [0, 0.1) is 5.95 Å². The molecule has 2 saturated heterocycles. The first-order chi connectivity index (χ1) is 23.9. The minimum absolute atomic E-state index is 0.103. The second-order valence-electron chi connectivity index (χ2n) is 14.1. The third kappa shape index (κ3) is 6.70. The molecule has 254 valence electrons. The number of carbonyl (C=O) groups excluding carboxylic acids is 1. The zero-order chi connectivity index (χ0) is 33.5. The molecule has 4 heterocycles. The van der Waals surface area contributed by atoms with Crippen LogP contribution in [-0.4, -0.2) is 81.3 Å². The van der Waals surface area contributed by atoms with Gasteiger partial charge in [0.2, 0.25) is 5.95 Å². The van der Waals surface area contributed by atoms with Crippen molar-refractivity contribution in [1.82, 2.24) is 25.1 Å². The molecule has 8 rings (SSSR count). The predicted molar refractivity (Wildman–Crippen MR) is 186 cm³/mol. The number of rotatable bonds is 8. The number of aliphatic hydroxyl groups is 1. The second kappa shape index (κ2) is 13.6. The van der Waals surface area contributed by atoms with Crippen LogP contribution < -0.4 is 11.1 Å². The van der Waals surface area contributed by atoms with Crippen molar-refractivity contribution in [3.8, 4) is 22.3 Å². The van der Waals surface area contributed by atoms with Crippen LogP contribution in [-0.2, 0) is 17.8 Å². The van der Waals surface area contributed by atoms with Crippen molar-refractivity contribution in [3.05, 3.63) is 101 Å². The van der Waals surface area contributed by atoms with Crippen molar-refractivity contribution in [2.45, 2.75) is 75.5 Å². The van der Waals surface area contributed by atoms with Gasteiger partial charge < -0.3 is 20.9 Å². The van der Waals surface area contributed by atoms with Gasteiger partial charge in [0, 0.05) is 61.8 Å². The maximum atomic E-state index is 13.3. The van der Waals surface area contributed by atoms with E-state index in [1.807, 2.05) is 0 Å². The number of aryl methyl sites for hydroxylation is 1.